The number of fused-ring (bicyclic) bond motifs is 1. The van der Waals surface area contributed by atoms with Crippen LogP contribution in [0.25, 0.3) is 0 Å². The molecular weight excluding hydrogens is 407 g/mol. The fourth-order valence-electron chi connectivity index (χ4n) is 2.50. The first kappa shape index (κ1) is 20.6. The highest BCUT2D eigenvalue weighted by molar-refractivity contribution is 7.16. The fraction of sp³-hybridized carbons (Fsp3) is 0.625. The SMILES string of the molecule is COC(=O)c1c(N[C@H](NC(=O)C(C)(C)C)C(Cl)(Cl)Cl)sc2c1CCC2. The third kappa shape index (κ3) is 4.73. The quantitative estimate of drug-likeness (QED) is 0.427. The van der Waals surface area contributed by atoms with Crippen LogP contribution in [0.3, 0.4) is 0 Å². The molecule has 1 aromatic rings. The van der Waals surface area contributed by atoms with Crippen LogP contribution in [0.2, 0.25) is 0 Å². The van der Waals surface area contributed by atoms with Gasteiger partial charge in [-0.15, -0.1) is 11.3 Å². The van der Waals surface area contributed by atoms with Crippen LogP contribution in [0.15, 0.2) is 0 Å². The minimum Gasteiger partial charge on any atom is -0.465 e. The third-order valence-electron chi connectivity index (χ3n) is 3.87. The van der Waals surface area contributed by atoms with Crippen LogP contribution < -0.4 is 10.6 Å². The number of hydrogen-bond acceptors (Lipinski definition) is 5. The van der Waals surface area contributed by atoms with Crippen molar-refractivity contribution in [1.29, 1.82) is 0 Å². The Morgan fingerprint density at radius 2 is 1.84 bits per heavy atom. The molecule has 0 saturated heterocycles. The van der Waals surface area contributed by atoms with E-state index in [1.54, 1.807) is 20.8 Å². The van der Waals surface area contributed by atoms with Gasteiger partial charge in [-0.25, -0.2) is 4.79 Å². The van der Waals surface area contributed by atoms with Crippen LogP contribution in [0.1, 0.15) is 48.0 Å². The lowest BCUT2D eigenvalue weighted by Crippen LogP contribution is -2.52. The Balaban J connectivity index is 2.34. The predicted molar refractivity (Wildman–Crippen MR) is 103 cm³/mol. The lowest BCUT2D eigenvalue weighted by atomic mass is 9.95. The Bertz CT molecular complexity index is 677. The maximum Gasteiger partial charge on any atom is 0.341 e. The van der Waals surface area contributed by atoms with Gasteiger partial charge >= 0.3 is 5.97 Å². The monoisotopic (exact) mass is 426 g/mol. The predicted octanol–water partition coefficient (Wildman–Crippen LogP) is 4.29. The van der Waals surface area contributed by atoms with Gasteiger partial charge in [-0.05, 0) is 24.8 Å². The zero-order valence-electron chi connectivity index (χ0n) is 14.5. The number of rotatable bonds is 4. The van der Waals surface area contributed by atoms with Gasteiger partial charge in [0.15, 0.2) is 0 Å². The number of thiophene rings is 1. The standard InChI is InChI=1S/C16H21Cl3N2O3S/c1-15(2,3)14(23)21-13(16(17,18)19)20-11-10(12(22)24-4)8-6-5-7-9(8)25-11/h13,20H,5-7H2,1-4H3,(H,21,23)/t13-/m1/s1. The van der Waals surface area contributed by atoms with Crippen molar-refractivity contribution in [3.05, 3.63) is 16.0 Å². The second-order valence-electron chi connectivity index (χ2n) is 6.90. The number of nitrogens with one attached hydrogen (secondary N) is 2. The average Bonchev–Trinajstić information content (AvgIpc) is 3.03. The number of hydrogen-bond donors (Lipinski definition) is 2. The Morgan fingerprint density at radius 3 is 2.36 bits per heavy atom. The van der Waals surface area contributed by atoms with Gasteiger partial charge in [0, 0.05) is 10.3 Å². The maximum absolute atomic E-state index is 12.3. The fourth-order valence-corrected chi connectivity index (χ4v) is 4.14. The molecule has 9 heteroatoms. The largest absolute Gasteiger partial charge is 0.465 e. The van der Waals surface area contributed by atoms with E-state index in [-0.39, 0.29) is 5.91 Å². The van der Waals surface area contributed by atoms with E-state index < -0.39 is 21.3 Å². The molecule has 1 atom stereocenters. The molecule has 0 aromatic carbocycles. The maximum atomic E-state index is 12.3. The molecule has 2 rings (SSSR count). The number of anilines is 1. The van der Waals surface area contributed by atoms with Gasteiger partial charge in [-0.3, -0.25) is 4.79 Å². The van der Waals surface area contributed by atoms with Crippen molar-refractivity contribution in [3.8, 4) is 0 Å². The van der Waals surface area contributed by atoms with Crippen molar-refractivity contribution in [2.24, 2.45) is 5.41 Å². The normalized spacial score (nSPS) is 15.5. The minimum atomic E-state index is -1.80. The third-order valence-corrected chi connectivity index (χ3v) is 5.75. The van der Waals surface area contributed by atoms with Crippen molar-refractivity contribution >= 4 is 63.0 Å². The molecule has 1 aromatic heterocycles. The number of esters is 1. The number of carbonyl (C=O) groups is 2. The molecule has 0 fully saturated rings. The topological polar surface area (TPSA) is 67.4 Å². The number of carbonyl (C=O) groups excluding carboxylic acids is 2. The van der Waals surface area contributed by atoms with Crippen molar-refractivity contribution < 1.29 is 14.3 Å². The lowest BCUT2D eigenvalue weighted by molar-refractivity contribution is -0.129. The summed E-state index contributed by atoms with van der Waals surface area (Å²) in [5.74, 6) is -0.716. The Hall–Kier alpha value is -0.690. The molecule has 25 heavy (non-hydrogen) atoms. The summed E-state index contributed by atoms with van der Waals surface area (Å²) in [6, 6.07) is 0. The number of aryl methyl sites for hydroxylation is 1. The van der Waals surface area contributed by atoms with Gasteiger partial charge in [0.1, 0.15) is 11.2 Å². The Kier molecular flexibility index (Phi) is 6.19. The van der Waals surface area contributed by atoms with Gasteiger partial charge in [0.05, 0.1) is 12.7 Å². The molecule has 0 aliphatic heterocycles. The molecular formula is C16H21Cl3N2O3S. The summed E-state index contributed by atoms with van der Waals surface area (Å²) in [7, 11) is 1.33. The Morgan fingerprint density at radius 1 is 1.20 bits per heavy atom. The molecule has 1 heterocycles. The van der Waals surface area contributed by atoms with Crippen LogP contribution in [-0.2, 0) is 22.4 Å². The number of alkyl halides is 3. The van der Waals surface area contributed by atoms with Crippen LogP contribution in [0.5, 0.6) is 0 Å². The van der Waals surface area contributed by atoms with E-state index >= 15 is 0 Å². The summed E-state index contributed by atoms with van der Waals surface area (Å²) in [6.45, 7) is 5.28. The van der Waals surface area contributed by atoms with Crippen molar-refractivity contribution in [2.75, 3.05) is 12.4 Å². The van der Waals surface area contributed by atoms with Gasteiger partial charge in [-0.1, -0.05) is 55.6 Å². The second kappa shape index (κ2) is 7.51. The highest BCUT2D eigenvalue weighted by Crippen LogP contribution is 2.41. The zero-order valence-corrected chi connectivity index (χ0v) is 17.5. The van der Waals surface area contributed by atoms with Gasteiger partial charge in [0.2, 0.25) is 9.70 Å². The van der Waals surface area contributed by atoms with Crippen LogP contribution in [-0.4, -0.2) is 28.9 Å². The highest BCUT2D eigenvalue weighted by atomic mass is 35.6. The molecule has 5 nitrogen and oxygen atoms in total. The molecule has 1 aliphatic carbocycles. The van der Waals surface area contributed by atoms with E-state index in [2.05, 4.69) is 10.6 Å². The van der Waals surface area contributed by atoms with Gasteiger partial charge in [0.25, 0.3) is 0 Å². The lowest BCUT2D eigenvalue weighted by Gasteiger charge is -2.30. The molecule has 0 radical (unpaired) electrons. The first-order chi connectivity index (χ1) is 11.4. The number of halogens is 3. The summed E-state index contributed by atoms with van der Waals surface area (Å²) in [5, 5.41) is 6.27. The molecule has 1 amide bonds. The average molecular weight is 428 g/mol. The first-order valence-electron chi connectivity index (χ1n) is 7.82. The van der Waals surface area contributed by atoms with Gasteiger partial charge < -0.3 is 15.4 Å². The molecule has 140 valence electrons. The number of methoxy groups -OCH3 is 1. The van der Waals surface area contributed by atoms with E-state index in [4.69, 9.17) is 39.5 Å². The van der Waals surface area contributed by atoms with Crippen LogP contribution in [0, 0.1) is 5.41 Å². The highest BCUT2D eigenvalue weighted by Gasteiger charge is 2.38. The molecule has 2 N–H and O–H groups in total. The molecule has 0 bridgehead atoms. The first-order valence-corrected chi connectivity index (χ1v) is 9.77. The smallest absolute Gasteiger partial charge is 0.341 e. The van der Waals surface area contributed by atoms with Crippen LogP contribution in [0.4, 0.5) is 5.00 Å². The van der Waals surface area contributed by atoms with E-state index in [0.717, 1.165) is 29.7 Å². The van der Waals surface area contributed by atoms with Crippen molar-refractivity contribution in [3.63, 3.8) is 0 Å². The minimum absolute atomic E-state index is 0.278. The van der Waals surface area contributed by atoms with Crippen LogP contribution >= 0.6 is 46.1 Å². The molecule has 0 spiro atoms. The summed E-state index contributed by atoms with van der Waals surface area (Å²) in [5.41, 5.74) is 0.784. The molecule has 1 aliphatic rings. The molecule has 0 saturated carbocycles. The molecule has 0 unspecified atom stereocenters. The number of amides is 1. The summed E-state index contributed by atoms with van der Waals surface area (Å²) in [6.07, 6.45) is 1.72. The van der Waals surface area contributed by atoms with Gasteiger partial charge in [-0.2, -0.15) is 0 Å². The zero-order chi connectivity index (χ0) is 19.0. The second-order valence-corrected chi connectivity index (χ2v) is 10.4. The number of ether oxygens (including phenoxy) is 1. The summed E-state index contributed by atoms with van der Waals surface area (Å²) in [4.78, 5) is 25.7. The van der Waals surface area contributed by atoms with Crippen molar-refractivity contribution in [1.82, 2.24) is 5.32 Å². The van der Waals surface area contributed by atoms with Crippen molar-refractivity contribution in [2.45, 2.75) is 50.0 Å². The van der Waals surface area contributed by atoms with E-state index in [0.29, 0.717) is 10.6 Å². The summed E-state index contributed by atoms with van der Waals surface area (Å²) < 4.78 is 3.10. The van der Waals surface area contributed by atoms with E-state index in [9.17, 15) is 9.59 Å². The Labute approximate surface area is 166 Å². The summed E-state index contributed by atoms with van der Waals surface area (Å²) >= 11 is 19.6. The van der Waals surface area contributed by atoms with E-state index in [1.165, 1.54) is 18.4 Å². The van der Waals surface area contributed by atoms with E-state index in [1.807, 2.05) is 0 Å².